The second-order valence-corrected chi connectivity index (χ2v) is 3.00. The van der Waals surface area contributed by atoms with E-state index in [9.17, 15) is 4.39 Å². The van der Waals surface area contributed by atoms with Crippen LogP contribution in [0.25, 0.3) is 0 Å². The van der Waals surface area contributed by atoms with E-state index in [1.165, 1.54) is 0 Å². The Balaban J connectivity index is 2.92. The van der Waals surface area contributed by atoms with Crippen LogP contribution in [0.1, 0.15) is 11.1 Å². The van der Waals surface area contributed by atoms with Crippen LogP contribution in [-0.2, 0) is 0 Å². The third-order valence-corrected chi connectivity index (χ3v) is 1.77. The molecule has 1 aromatic carbocycles. The van der Waals surface area contributed by atoms with E-state index in [-0.39, 0.29) is 13.2 Å². The monoisotopic (exact) mass is 208 g/mol. The van der Waals surface area contributed by atoms with Gasteiger partial charge in [-0.3, -0.25) is 0 Å². The summed E-state index contributed by atoms with van der Waals surface area (Å²) < 4.78 is 17.1. The zero-order valence-electron chi connectivity index (χ0n) is 8.59. The summed E-state index contributed by atoms with van der Waals surface area (Å²) in [6.45, 7) is 1.23. The molecule has 0 atom stereocenters. The minimum absolute atomic E-state index is 0.0247. The lowest BCUT2D eigenvalue weighted by Gasteiger charge is -2.06. The van der Waals surface area contributed by atoms with Crippen molar-refractivity contribution in [1.29, 1.82) is 0 Å². The number of rotatable bonds is 3. The molecule has 0 radical (unpaired) electrons. The lowest BCUT2D eigenvalue weighted by Crippen LogP contribution is -2.00. The van der Waals surface area contributed by atoms with Gasteiger partial charge in [0.1, 0.15) is 25.6 Å². The van der Waals surface area contributed by atoms with E-state index in [4.69, 9.17) is 9.84 Å². The number of aryl methyl sites for hydroxylation is 1. The number of hydrogen-bond donors (Lipinski definition) is 1. The van der Waals surface area contributed by atoms with Gasteiger partial charge in [0.25, 0.3) is 0 Å². The smallest absolute Gasteiger partial charge is 0.135 e. The second-order valence-electron chi connectivity index (χ2n) is 3.00. The van der Waals surface area contributed by atoms with Gasteiger partial charge in [-0.1, -0.05) is 17.9 Å². The average molecular weight is 208 g/mol. The largest absolute Gasteiger partial charge is 0.490 e. The predicted molar refractivity (Wildman–Crippen MR) is 56.6 cm³/mol. The number of hydrogen-bond acceptors (Lipinski definition) is 2. The molecule has 15 heavy (non-hydrogen) atoms. The van der Waals surface area contributed by atoms with Crippen molar-refractivity contribution in [2.24, 2.45) is 0 Å². The van der Waals surface area contributed by atoms with Crippen LogP contribution in [0.2, 0.25) is 0 Å². The molecule has 0 heterocycles. The summed E-state index contributed by atoms with van der Waals surface area (Å²) in [6, 6.07) is 5.47. The van der Waals surface area contributed by atoms with Gasteiger partial charge < -0.3 is 9.84 Å². The van der Waals surface area contributed by atoms with Crippen LogP contribution < -0.4 is 4.74 Å². The van der Waals surface area contributed by atoms with Crippen LogP contribution >= 0.6 is 0 Å². The Morgan fingerprint density at radius 2 is 2.27 bits per heavy atom. The highest BCUT2D eigenvalue weighted by atomic mass is 19.1. The molecule has 0 aliphatic rings. The van der Waals surface area contributed by atoms with E-state index in [0.717, 1.165) is 5.56 Å². The molecule has 0 spiro atoms. The van der Waals surface area contributed by atoms with E-state index < -0.39 is 6.67 Å². The molecule has 0 aliphatic heterocycles. The number of alkyl halides is 1. The standard InChI is InChI=1S/C12H13FO2/c1-10-4-5-12(15-8-6-13)11(9-10)3-2-7-14/h4-5,9,14H,6-8H2,1H3. The molecule has 1 rings (SSSR count). The zero-order chi connectivity index (χ0) is 11.1. The van der Waals surface area contributed by atoms with Crippen molar-refractivity contribution in [2.75, 3.05) is 19.9 Å². The Morgan fingerprint density at radius 1 is 1.47 bits per heavy atom. The molecule has 0 amide bonds. The molecule has 1 N–H and O–H groups in total. The van der Waals surface area contributed by atoms with Crippen LogP contribution in [0.5, 0.6) is 5.75 Å². The highest BCUT2D eigenvalue weighted by Gasteiger charge is 2.01. The Kier molecular flexibility index (Phi) is 4.65. The Hall–Kier alpha value is -1.53. The van der Waals surface area contributed by atoms with Gasteiger partial charge in [-0.2, -0.15) is 0 Å². The Morgan fingerprint density at radius 3 is 2.93 bits per heavy atom. The minimum atomic E-state index is -0.527. The normalized spacial score (nSPS) is 9.27. The SMILES string of the molecule is Cc1ccc(OCCF)c(C#CCO)c1. The third-order valence-electron chi connectivity index (χ3n) is 1.77. The highest BCUT2D eigenvalue weighted by Crippen LogP contribution is 2.18. The summed E-state index contributed by atoms with van der Waals surface area (Å²) in [5, 5.41) is 8.59. The summed E-state index contributed by atoms with van der Waals surface area (Å²) in [6.07, 6.45) is 0. The molecule has 0 aliphatic carbocycles. The quantitative estimate of drug-likeness (QED) is 0.766. The van der Waals surface area contributed by atoms with Crippen LogP contribution in [0.3, 0.4) is 0 Å². The van der Waals surface area contributed by atoms with Crippen LogP contribution in [0.4, 0.5) is 4.39 Å². The van der Waals surface area contributed by atoms with Crippen LogP contribution in [-0.4, -0.2) is 25.0 Å². The van der Waals surface area contributed by atoms with Gasteiger partial charge in [-0.25, -0.2) is 4.39 Å². The van der Waals surface area contributed by atoms with E-state index in [1.54, 1.807) is 6.07 Å². The van der Waals surface area contributed by atoms with E-state index in [0.29, 0.717) is 11.3 Å². The Bertz CT molecular complexity index is 377. The number of aliphatic hydroxyl groups excluding tert-OH is 1. The molecule has 3 heteroatoms. The first-order chi connectivity index (χ1) is 7.27. The van der Waals surface area contributed by atoms with Gasteiger partial charge in [-0.05, 0) is 24.6 Å². The second kappa shape index (κ2) is 6.05. The molecule has 0 saturated heterocycles. The third kappa shape index (κ3) is 3.61. The average Bonchev–Trinajstić information content (AvgIpc) is 2.25. The minimum Gasteiger partial charge on any atom is -0.490 e. The summed E-state index contributed by atoms with van der Waals surface area (Å²) in [5.41, 5.74) is 1.72. The molecule has 0 unspecified atom stereocenters. The van der Waals surface area contributed by atoms with Gasteiger partial charge >= 0.3 is 0 Å². The maximum Gasteiger partial charge on any atom is 0.135 e. The predicted octanol–water partition coefficient (Wildman–Crippen LogP) is 1.69. The number of halogens is 1. The fraction of sp³-hybridized carbons (Fsp3) is 0.333. The van der Waals surface area contributed by atoms with Gasteiger partial charge in [0.05, 0.1) is 5.56 Å². The fourth-order valence-corrected chi connectivity index (χ4v) is 1.15. The molecule has 0 fully saturated rings. The number of benzene rings is 1. The first-order valence-electron chi connectivity index (χ1n) is 4.67. The van der Waals surface area contributed by atoms with E-state index >= 15 is 0 Å². The van der Waals surface area contributed by atoms with Gasteiger partial charge in [-0.15, -0.1) is 0 Å². The van der Waals surface area contributed by atoms with Gasteiger partial charge in [0, 0.05) is 0 Å². The summed E-state index contributed by atoms with van der Waals surface area (Å²) in [4.78, 5) is 0. The molecule has 0 bridgehead atoms. The van der Waals surface area contributed by atoms with Gasteiger partial charge in [0.2, 0.25) is 0 Å². The molecule has 0 saturated carbocycles. The molecular weight excluding hydrogens is 195 g/mol. The summed E-state index contributed by atoms with van der Waals surface area (Å²) in [7, 11) is 0. The molecule has 80 valence electrons. The number of ether oxygens (including phenoxy) is 1. The van der Waals surface area contributed by atoms with Gasteiger partial charge in [0.15, 0.2) is 0 Å². The van der Waals surface area contributed by atoms with Crippen molar-refractivity contribution >= 4 is 0 Å². The van der Waals surface area contributed by atoms with Crippen molar-refractivity contribution in [3.8, 4) is 17.6 Å². The lowest BCUT2D eigenvalue weighted by atomic mass is 10.1. The first-order valence-corrected chi connectivity index (χ1v) is 4.67. The lowest BCUT2D eigenvalue weighted by molar-refractivity contribution is 0.272. The maximum absolute atomic E-state index is 11.9. The molecule has 2 nitrogen and oxygen atoms in total. The van der Waals surface area contributed by atoms with E-state index in [2.05, 4.69) is 11.8 Å². The fourth-order valence-electron chi connectivity index (χ4n) is 1.15. The summed E-state index contributed by atoms with van der Waals surface area (Å²) >= 11 is 0. The summed E-state index contributed by atoms with van der Waals surface area (Å²) in [5.74, 6) is 5.86. The maximum atomic E-state index is 11.9. The van der Waals surface area contributed by atoms with E-state index in [1.807, 2.05) is 19.1 Å². The van der Waals surface area contributed by atoms with Crippen molar-refractivity contribution in [2.45, 2.75) is 6.92 Å². The highest BCUT2D eigenvalue weighted by molar-refractivity contribution is 5.48. The molecule has 1 aromatic rings. The first kappa shape index (κ1) is 11.5. The zero-order valence-corrected chi connectivity index (χ0v) is 8.59. The van der Waals surface area contributed by atoms with Crippen LogP contribution in [0.15, 0.2) is 18.2 Å². The van der Waals surface area contributed by atoms with Crippen molar-refractivity contribution in [1.82, 2.24) is 0 Å². The van der Waals surface area contributed by atoms with Crippen LogP contribution in [0, 0.1) is 18.8 Å². The molecule has 0 aromatic heterocycles. The van der Waals surface area contributed by atoms with Crippen molar-refractivity contribution < 1.29 is 14.2 Å². The number of aliphatic hydroxyl groups is 1. The van der Waals surface area contributed by atoms with Crippen molar-refractivity contribution in [3.63, 3.8) is 0 Å². The topological polar surface area (TPSA) is 29.5 Å². The molecular formula is C12H13FO2. The van der Waals surface area contributed by atoms with Crippen molar-refractivity contribution in [3.05, 3.63) is 29.3 Å². The Labute approximate surface area is 88.7 Å².